The van der Waals surface area contributed by atoms with Gasteiger partial charge < -0.3 is 19.1 Å². The highest BCUT2D eigenvalue weighted by Gasteiger charge is 2.45. The van der Waals surface area contributed by atoms with Gasteiger partial charge in [0.2, 0.25) is 0 Å². The zero-order valence-corrected chi connectivity index (χ0v) is 24.7. The number of aromatic nitrogens is 4. The molecule has 6 heterocycles. The second-order valence-corrected chi connectivity index (χ2v) is 12.2. The van der Waals surface area contributed by atoms with Crippen LogP contribution in [0.15, 0.2) is 42.6 Å². The van der Waals surface area contributed by atoms with Crippen molar-refractivity contribution >= 4 is 21.7 Å². The largest absolute Gasteiger partial charge is 0.508 e. The molecule has 0 aliphatic carbocycles. The van der Waals surface area contributed by atoms with Gasteiger partial charge in [-0.1, -0.05) is 12.0 Å². The lowest BCUT2D eigenvalue weighted by Gasteiger charge is -2.31. The van der Waals surface area contributed by atoms with Gasteiger partial charge in [-0.3, -0.25) is 9.88 Å². The lowest BCUT2D eigenvalue weighted by molar-refractivity contribution is 0.108. The minimum Gasteiger partial charge on any atom is -0.508 e. The molecular weight excluding hydrogens is 576 g/mol. The van der Waals surface area contributed by atoms with Crippen LogP contribution in [0, 0.1) is 24.0 Å². The van der Waals surface area contributed by atoms with Crippen molar-refractivity contribution in [2.24, 2.45) is 0 Å². The van der Waals surface area contributed by atoms with Crippen LogP contribution in [0.4, 0.5) is 8.78 Å². The maximum absolute atomic E-state index is 16.8. The number of rotatable bonds is 5. The van der Waals surface area contributed by atoms with Crippen molar-refractivity contribution in [3.8, 4) is 46.7 Å². The second kappa shape index (κ2) is 10.8. The summed E-state index contributed by atoms with van der Waals surface area (Å²) in [6.45, 7) is 4.36. The minimum absolute atomic E-state index is 0.0165. The quantitative estimate of drug-likeness (QED) is 0.238. The van der Waals surface area contributed by atoms with Crippen molar-refractivity contribution in [3.63, 3.8) is 0 Å². The smallest absolute Gasteiger partial charge is 0.317 e. The summed E-state index contributed by atoms with van der Waals surface area (Å²) >= 11 is 0. The van der Waals surface area contributed by atoms with E-state index in [0.29, 0.717) is 36.3 Å². The van der Waals surface area contributed by atoms with Gasteiger partial charge in [-0.2, -0.15) is 9.97 Å². The first-order chi connectivity index (χ1) is 22.0. The number of nitrogens with zero attached hydrogens (tertiary/aromatic N) is 5. The monoisotopic (exact) mass is 607 g/mol. The highest BCUT2D eigenvalue weighted by molar-refractivity contribution is 6.03. The van der Waals surface area contributed by atoms with Gasteiger partial charge in [0.25, 0.3) is 0 Å². The summed E-state index contributed by atoms with van der Waals surface area (Å²) in [6, 6.07) is 9.57. The van der Waals surface area contributed by atoms with Crippen LogP contribution in [0.25, 0.3) is 44.3 Å². The lowest BCUT2D eigenvalue weighted by atomic mass is 9.95. The van der Waals surface area contributed by atoms with Gasteiger partial charge in [0.1, 0.15) is 35.1 Å². The topological polar surface area (TPSA) is 85.5 Å². The van der Waals surface area contributed by atoms with E-state index >= 15 is 4.39 Å². The Hall–Kier alpha value is -4.59. The molecule has 0 atom stereocenters. The molecule has 2 fully saturated rings. The number of fused-ring (bicyclic) bond motifs is 4. The molecule has 0 saturated carbocycles. The number of phenols is 1. The summed E-state index contributed by atoms with van der Waals surface area (Å²) in [6.07, 6.45) is 12.4. The molecule has 0 unspecified atom stereocenters. The third kappa shape index (κ3) is 4.52. The summed E-state index contributed by atoms with van der Waals surface area (Å²) in [7, 11) is 0. The predicted molar refractivity (Wildman–Crippen MR) is 166 cm³/mol. The van der Waals surface area contributed by atoms with Gasteiger partial charge in [0.15, 0.2) is 5.82 Å². The zero-order valence-electron chi connectivity index (χ0n) is 24.7. The molecule has 0 radical (unpaired) electrons. The SMILES string of the molecule is C#Cc1c(F)ccc2cc(O)cc(-c3ncc4c(-c5ccc6n5CCCOC6)nc(OCC56CCCN5CCC6)nc4c3F)c12. The van der Waals surface area contributed by atoms with E-state index in [-0.39, 0.29) is 45.0 Å². The first-order valence-corrected chi connectivity index (χ1v) is 15.4. The number of hydrogen-bond donors (Lipinski definition) is 1. The van der Waals surface area contributed by atoms with Gasteiger partial charge in [-0.15, -0.1) is 6.42 Å². The van der Waals surface area contributed by atoms with Crippen LogP contribution in [0.3, 0.4) is 0 Å². The average molecular weight is 608 g/mol. The molecule has 1 N–H and O–H groups in total. The Morgan fingerprint density at radius 1 is 1.02 bits per heavy atom. The molecule has 3 aromatic heterocycles. The van der Waals surface area contributed by atoms with Gasteiger partial charge in [-0.25, -0.2) is 8.78 Å². The first kappa shape index (κ1) is 27.9. The van der Waals surface area contributed by atoms with Crippen LogP contribution in [0.2, 0.25) is 0 Å². The molecule has 8 rings (SSSR count). The Morgan fingerprint density at radius 2 is 1.87 bits per heavy atom. The Labute approximate surface area is 258 Å². The highest BCUT2D eigenvalue weighted by atomic mass is 19.1. The second-order valence-electron chi connectivity index (χ2n) is 12.2. The van der Waals surface area contributed by atoms with Crippen molar-refractivity contribution in [1.29, 1.82) is 0 Å². The van der Waals surface area contributed by atoms with E-state index in [1.165, 1.54) is 30.5 Å². The predicted octanol–water partition coefficient (Wildman–Crippen LogP) is 6.21. The fourth-order valence-electron chi connectivity index (χ4n) is 7.50. The fraction of sp³-hybridized carbons (Fsp3) is 0.343. The van der Waals surface area contributed by atoms with Gasteiger partial charge in [0.05, 0.1) is 23.4 Å². The summed E-state index contributed by atoms with van der Waals surface area (Å²) < 4.78 is 45.9. The molecule has 45 heavy (non-hydrogen) atoms. The zero-order chi connectivity index (χ0) is 30.7. The van der Waals surface area contributed by atoms with Crippen LogP contribution in [0.5, 0.6) is 11.8 Å². The molecule has 10 heteroatoms. The van der Waals surface area contributed by atoms with Crippen LogP contribution >= 0.6 is 0 Å². The molecule has 8 nitrogen and oxygen atoms in total. The maximum Gasteiger partial charge on any atom is 0.317 e. The summed E-state index contributed by atoms with van der Waals surface area (Å²) in [5.41, 5.74) is 2.28. The molecule has 5 aromatic rings. The summed E-state index contributed by atoms with van der Waals surface area (Å²) in [4.78, 5) is 16.5. The molecule has 0 spiro atoms. The Bertz CT molecular complexity index is 2020. The number of pyridine rings is 1. The number of ether oxygens (including phenoxy) is 2. The van der Waals surface area contributed by atoms with Gasteiger partial charge in [-0.05, 0) is 80.9 Å². The number of terminal acetylenes is 1. The van der Waals surface area contributed by atoms with Crippen molar-refractivity contribution in [2.75, 3.05) is 26.3 Å². The van der Waals surface area contributed by atoms with Crippen molar-refractivity contribution in [3.05, 3.63) is 65.5 Å². The number of benzene rings is 2. The third-order valence-corrected chi connectivity index (χ3v) is 9.63. The maximum atomic E-state index is 16.8. The molecule has 0 bridgehead atoms. The molecule has 0 amide bonds. The normalized spacial score (nSPS) is 17.7. The summed E-state index contributed by atoms with van der Waals surface area (Å²) in [5, 5.41) is 11.7. The molecular formula is C35H31F2N5O3. The standard InChI is InChI=1S/C35H31F2N5O3/c1-2-24-27(36)8-6-21-16-23(43)17-25(29(21)24)32-30(37)33-26(18-38-32)31(28-9-7-22-19-44-15-5-14-42(22)28)39-34(40-33)45-20-35-10-3-12-41(35)13-4-11-35/h1,6-9,16-18,43H,3-5,10-15,19-20H2. The Morgan fingerprint density at radius 3 is 2.69 bits per heavy atom. The van der Waals surface area contributed by atoms with Crippen molar-refractivity contribution < 1.29 is 23.4 Å². The summed E-state index contributed by atoms with van der Waals surface area (Å²) in [5.74, 6) is 0.894. The number of halogens is 2. The van der Waals surface area contributed by atoms with Crippen LogP contribution in [-0.2, 0) is 17.9 Å². The number of hydrogen-bond acceptors (Lipinski definition) is 7. The highest BCUT2D eigenvalue weighted by Crippen LogP contribution is 2.41. The lowest BCUT2D eigenvalue weighted by Crippen LogP contribution is -2.43. The van der Waals surface area contributed by atoms with Gasteiger partial charge in [0, 0.05) is 41.4 Å². The number of aromatic hydroxyl groups is 1. The van der Waals surface area contributed by atoms with E-state index in [9.17, 15) is 9.50 Å². The molecule has 2 aromatic carbocycles. The van der Waals surface area contributed by atoms with Crippen LogP contribution < -0.4 is 4.74 Å². The van der Waals surface area contributed by atoms with E-state index in [4.69, 9.17) is 20.9 Å². The van der Waals surface area contributed by atoms with Crippen molar-refractivity contribution in [1.82, 2.24) is 24.4 Å². The molecule has 3 aliphatic heterocycles. The minimum atomic E-state index is -0.743. The van der Waals surface area contributed by atoms with E-state index in [2.05, 4.69) is 25.4 Å². The fourth-order valence-corrected chi connectivity index (χ4v) is 7.50. The van der Waals surface area contributed by atoms with Gasteiger partial charge >= 0.3 is 6.01 Å². The van der Waals surface area contributed by atoms with E-state index < -0.39 is 11.6 Å². The van der Waals surface area contributed by atoms with Crippen molar-refractivity contribution in [2.45, 2.75) is 50.8 Å². The Kier molecular flexibility index (Phi) is 6.69. The first-order valence-electron chi connectivity index (χ1n) is 15.4. The molecule has 2 saturated heterocycles. The van der Waals surface area contributed by atoms with E-state index in [1.807, 2.05) is 12.1 Å². The average Bonchev–Trinajstić information content (AvgIpc) is 3.70. The van der Waals surface area contributed by atoms with E-state index in [0.717, 1.165) is 63.1 Å². The number of phenolic OH excluding ortho intramolecular Hbond substituents is 1. The Balaban J connectivity index is 1.33. The van der Waals surface area contributed by atoms with E-state index in [1.54, 1.807) is 0 Å². The van der Waals surface area contributed by atoms with Crippen LogP contribution in [0.1, 0.15) is 43.4 Å². The molecule has 3 aliphatic rings. The van der Waals surface area contributed by atoms with Crippen LogP contribution in [-0.4, -0.2) is 61.4 Å². The molecule has 228 valence electrons. The third-order valence-electron chi connectivity index (χ3n) is 9.63.